The first-order chi connectivity index (χ1) is 14.6. The van der Waals surface area contributed by atoms with E-state index in [1.54, 1.807) is 6.92 Å². The molecular formula is C24H29NO6. The molecule has 0 aliphatic rings. The van der Waals surface area contributed by atoms with Crippen molar-refractivity contribution in [2.75, 3.05) is 0 Å². The highest BCUT2D eigenvalue weighted by atomic mass is 16.4. The number of hydrogen-bond donors (Lipinski definition) is 2. The smallest absolute Gasteiger partial charge is 0.339 e. The van der Waals surface area contributed by atoms with Gasteiger partial charge in [0, 0.05) is 28.3 Å². The molecule has 31 heavy (non-hydrogen) atoms. The molecule has 0 radical (unpaired) electrons. The van der Waals surface area contributed by atoms with Crippen LogP contribution >= 0.6 is 0 Å². The third kappa shape index (κ3) is 4.09. The molecule has 7 heteroatoms. The van der Waals surface area contributed by atoms with Crippen molar-refractivity contribution >= 4 is 33.8 Å². The molecule has 0 fully saturated rings. The molecule has 3 rings (SSSR count). The van der Waals surface area contributed by atoms with E-state index in [1.807, 2.05) is 40.7 Å². The predicted octanol–water partition coefficient (Wildman–Crippen LogP) is 4.32. The van der Waals surface area contributed by atoms with Crippen LogP contribution in [0.2, 0.25) is 0 Å². The molecule has 2 N–H and O–H groups in total. The van der Waals surface area contributed by atoms with Gasteiger partial charge in [0.25, 0.3) is 0 Å². The molecule has 0 aliphatic heterocycles. The highest BCUT2D eigenvalue weighted by Gasteiger charge is 2.25. The van der Waals surface area contributed by atoms with Crippen molar-refractivity contribution in [3.63, 3.8) is 0 Å². The lowest BCUT2D eigenvalue weighted by atomic mass is 9.97. The van der Waals surface area contributed by atoms with Gasteiger partial charge in [-0.05, 0) is 57.2 Å². The standard InChI is InChI=1S/C24H29NO6/c1-7-11(2)20(23(27)28)25-19(26)9-8-16-13(4)18-10-17-12(3)15(6)30-21(17)14(5)22(18)31-24(16)29/h10-11,20H,7-9H2,1-6H3,(H,25,26)(H,27,28)/t11-,20+/m0/s1. The third-order valence-electron chi connectivity index (χ3n) is 6.34. The summed E-state index contributed by atoms with van der Waals surface area (Å²) in [6.45, 7) is 11.3. The second kappa shape index (κ2) is 8.57. The number of carboxylic acid groups (broad SMARTS) is 1. The Bertz CT molecular complexity index is 1230. The first-order valence-corrected chi connectivity index (χ1v) is 10.5. The first-order valence-electron chi connectivity index (χ1n) is 10.5. The van der Waals surface area contributed by atoms with Gasteiger partial charge in [0.1, 0.15) is 23.0 Å². The summed E-state index contributed by atoms with van der Waals surface area (Å²) in [5, 5.41) is 13.7. The van der Waals surface area contributed by atoms with Gasteiger partial charge in [-0.25, -0.2) is 9.59 Å². The van der Waals surface area contributed by atoms with Gasteiger partial charge < -0.3 is 19.3 Å². The van der Waals surface area contributed by atoms with E-state index in [2.05, 4.69) is 5.32 Å². The van der Waals surface area contributed by atoms with E-state index >= 15 is 0 Å². The Labute approximate surface area is 180 Å². The molecule has 3 aromatic rings. The second-order valence-corrected chi connectivity index (χ2v) is 8.30. The Morgan fingerprint density at radius 3 is 2.26 bits per heavy atom. The van der Waals surface area contributed by atoms with E-state index in [-0.39, 0.29) is 18.8 Å². The fourth-order valence-electron chi connectivity index (χ4n) is 3.95. The van der Waals surface area contributed by atoms with E-state index in [9.17, 15) is 19.5 Å². The summed E-state index contributed by atoms with van der Waals surface area (Å²) in [5.74, 6) is -0.838. The summed E-state index contributed by atoms with van der Waals surface area (Å²) in [7, 11) is 0. The van der Waals surface area contributed by atoms with E-state index in [0.717, 1.165) is 33.2 Å². The normalized spacial score (nSPS) is 13.5. The van der Waals surface area contributed by atoms with Crippen LogP contribution in [-0.2, 0) is 16.0 Å². The van der Waals surface area contributed by atoms with Gasteiger partial charge in [0.15, 0.2) is 0 Å². The van der Waals surface area contributed by atoms with Gasteiger partial charge >= 0.3 is 11.6 Å². The number of amides is 1. The lowest BCUT2D eigenvalue weighted by Gasteiger charge is -2.20. The Hall–Kier alpha value is -3.09. The summed E-state index contributed by atoms with van der Waals surface area (Å²) in [5.41, 5.74) is 3.70. The average molecular weight is 427 g/mol. The predicted molar refractivity (Wildman–Crippen MR) is 119 cm³/mol. The van der Waals surface area contributed by atoms with Crippen LogP contribution in [0.25, 0.3) is 21.9 Å². The molecule has 2 aromatic heterocycles. The van der Waals surface area contributed by atoms with Crippen molar-refractivity contribution in [3.8, 4) is 0 Å². The lowest BCUT2D eigenvalue weighted by Crippen LogP contribution is -2.45. The van der Waals surface area contributed by atoms with Crippen LogP contribution in [-0.4, -0.2) is 23.0 Å². The van der Waals surface area contributed by atoms with Crippen LogP contribution < -0.4 is 10.9 Å². The maximum Gasteiger partial charge on any atom is 0.339 e. The van der Waals surface area contributed by atoms with Crippen LogP contribution in [0.5, 0.6) is 0 Å². The van der Waals surface area contributed by atoms with Crippen LogP contribution in [0, 0.1) is 33.6 Å². The number of rotatable bonds is 7. The summed E-state index contributed by atoms with van der Waals surface area (Å²) < 4.78 is 11.5. The number of carboxylic acids is 1. The number of carbonyl (C=O) groups is 2. The zero-order chi connectivity index (χ0) is 23.0. The van der Waals surface area contributed by atoms with Gasteiger partial charge in [-0.15, -0.1) is 0 Å². The van der Waals surface area contributed by atoms with E-state index in [1.165, 1.54) is 0 Å². The van der Waals surface area contributed by atoms with Gasteiger partial charge in [-0.2, -0.15) is 0 Å². The minimum atomic E-state index is -1.06. The van der Waals surface area contributed by atoms with Gasteiger partial charge in [0.05, 0.1) is 0 Å². The Morgan fingerprint density at radius 1 is 1.03 bits per heavy atom. The number of hydrogen-bond acceptors (Lipinski definition) is 5. The molecule has 0 aliphatic carbocycles. The van der Waals surface area contributed by atoms with Crippen molar-refractivity contribution < 1.29 is 23.5 Å². The van der Waals surface area contributed by atoms with Crippen molar-refractivity contribution in [2.24, 2.45) is 5.92 Å². The third-order valence-corrected chi connectivity index (χ3v) is 6.34. The molecule has 7 nitrogen and oxygen atoms in total. The van der Waals surface area contributed by atoms with Crippen LogP contribution in [0.3, 0.4) is 0 Å². The minimum absolute atomic E-state index is 0.00237. The zero-order valence-electron chi connectivity index (χ0n) is 18.8. The second-order valence-electron chi connectivity index (χ2n) is 8.30. The summed E-state index contributed by atoms with van der Waals surface area (Å²) in [4.78, 5) is 36.5. The number of fused-ring (bicyclic) bond motifs is 2. The molecule has 1 amide bonds. The Kier molecular flexibility index (Phi) is 6.25. The molecule has 2 heterocycles. The van der Waals surface area contributed by atoms with Crippen molar-refractivity contribution in [2.45, 2.75) is 66.8 Å². The number of aliphatic carboxylic acids is 1. The first kappa shape index (κ1) is 22.6. The number of carbonyl (C=O) groups excluding carboxylic acids is 1. The van der Waals surface area contributed by atoms with Gasteiger partial charge in [-0.1, -0.05) is 20.3 Å². The SMILES string of the molecule is CC[C@H](C)[C@@H](NC(=O)CCc1c(C)c2cc3c(C)c(C)oc3c(C)c2oc1=O)C(=O)O. The summed E-state index contributed by atoms with van der Waals surface area (Å²) >= 11 is 0. The maximum absolute atomic E-state index is 12.7. The van der Waals surface area contributed by atoms with Crippen LogP contribution in [0.4, 0.5) is 0 Å². The highest BCUT2D eigenvalue weighted by molar-refractivity contribution is 6.00. The summed E-state index contributed by atoms with van der Waals surface area (Å²) in [6, 6.07) is 1.02. The molecule has 166 valence electrons. The van der Waals surface area contributed by atoms with E-state index in [4.69, 9.17) is 8.83 Å². The Balaban J connectivity index is 1.93. The summed E-state index contributed by atoms with van der Waals surface area (Å²) in [6.07, 6.45) is 0.803. The fourth-order valence-corrected chi connectivity index (χ4v) is 3.95. The zero-order valence-corrected chi connectivity index (χ0v) is 18.8. The average Bonchev–Trinajstić information content (AvgIpc) is 3.00. The van der Waals surface area contributed by atoms with E-state index in [0.29, 0.717) is 23.2 Å². The Morgan fingerprint density at radius 2 is 1.65 bits per heavy atom. The number of nitrogens with one attached hydrogen (secondary N) is 1. The molecular weight excluding hydrogens is 398 g/mol. The molecule has 1 aromatic carbocycles. The van der Waals surface area contributed by atoms with Crippen molar-refractivity contribution in [3.05, 3.63) is 44.5 Å². The van der Waals surface area contributed by atoms with Crippen molar-refractivity contribution in [1.82, 2.24) is 5.32 Å². The number of aryl methyl sites for hydroxylation is 4. The maximum atomic E-state index is 12.7. The van der Waals surface area contributed by atoms with Gasteiger partial charge in [0.2, 0.25) is 5.91 Å². The number of furan rings is 1. The largest absolute Gasteiger partial charge is 0.480 e. The topological polar surface area (TPSA) is 110 Å². The molecule has 0 spiro atoms. The fraction of sp³-hybridized carbons (Fsp3) is 0.458. The van der Waals surface area contributed by atoms with Crippen LogP contribution in [0.1, 0.15) is 54.7 Å². The van der Waals surface area contributed by atoms with Crippen LogP contribution in [0.15, 0.2) is 19.7 Å². The van der Waals surface area contributed by atoms with Gasteiger partial charge in [-0.3, -0.25) is 4.79 Å². The monoisotopic (exact) mass is 427 g/mol. The van der Waals surface area contributed by atoms with E-state index < -0.39 is 23.5 Å². The lowest BCUT2D eigenvalue weighted by molar-refractivity contribution is -0.143. The highest BCUT2D eigenvalue weighted by Crippen LogP contribution is 2.34. The number of benzene rings is 1. The molecule has 0 bridgehead atoms. The molecule has 2 atom stereocenters. The molecule has 0 unspecified atom stereocenters. The molecule has 0 saturated carbocycles. The molecule has 0 saturated heterocycles. The minimum Gasteiger partial charge on any atom is -0.480 e. The quantitative estimate of drug-likeness (QED) is 0.544. The van der Waals surface area contributed by atoms with Crippen molar-refractivity contribution in [1.29, 1.82) is 0 Å².